The zero-order chi connectivity index (χ0) is 14.0. The Hall–Kier alpha value is -0.640. The van der Waals surface area contributed by atoms with Gasteiger partial charge < -0.3 is 5.73 Å². The molecular formula is C15H22ClFN2. The maximum absolute atomic E-state index is 13.2. The lowest BCUT2D eigenvalue weighted by Crippen LogP contribution is -2.41. The summed E-state index contributed by atoms with van der Waals surface area (Å²) in [6.45, 7) is 4.94. The molecule has 1 heterocycles. The van der Waals surface area contributed by atoms with Gasteiger partial charge in [0.15, 0.2) is 0 Å². The van der Waals surface area contributed by atoms with Gasteiger partial charge in [-0.15, -0.1) is 0 Å². The molecule has 2 nitrogen and oxygen atoms in total. The summed E-state index contributed by atoms with van der Waals surface area (Å²) in [4.78, 5) is 2.46. The molecule has 0 aromatic heterocycles. The van der Waals surface area contributed by atoms with Crippen LogP contribution in [0.3, 0.4) is 0 Å². The molecule has 3 atom stereocenters. The molecule has 0 bridgehead atoms. The van der Waals surface area contributed by atoms with Gasteiger partial charge in [-0.3, -0.25) is 4.90 Å². The van der Waals surface area contributed by atoms with Crippen LogP contribution in [-0.2, 0) is 0 Å². The third-order valence-electron chi connectivity index (χ3n) is 4.22. The van der Waals surface area contributed by atoms with Crippen LogP contribution in [-0.4, -0.2) is 23.5 Å². The Bertz CT molecular complexity index is 438. The van der Waals surface area contributed by atoms with E-state index in [0.29, 0.717) is 23.7 Å². The molecule has 0 saturated carbocycles. The van der Waals surface area contributed by atoms with Gasteiger partial charge in [-0.2, -0.15) is 0 Å². The molecule has 1 aliphatic rings. The minimum absolute atomic E-state index is 0.0792. The fraction of sp³-hybridized carbons (Fsp3) is 0.600. The van der Waals surface area contributed by atoms with E-state index in [4.69, 9.17) is 17.3 Å². The molecule has 0 aliphatic carbocycles. The van der Waals surface area contributed by atoms with Gasteiger partial charge in [0, 0.05) is 29.7 Å². The summed E-state index contributed by atoms with van der Waals surface area (Å²) in [6.07, 6.45) is 3.50. The SMILES string of the molecule is CCC1CCC(C)N1C(CN)c1ccc(F)cc1Cl. The van der Waals surface area contributed by atoms with Crippen LogP contribution in [0.1, 0.15) is 44.7 Å². The highest BCUT2D eigenvalue weighted by molar-refractivity contribution is 6.31. The summed E-state index contributed by atoms with van der Waals surface area (Å²) in [7, 11) is 0. The number of hydrogen-bond acceptors (Lipinski definition) is 2. The highest BCUT2D eigenvalue weighted by Gasteiger charge is 2.35. The Morgan fingerprint density at radius 1 is 1.47 bits per heavy atom. The van der Waals surface area contributed by atoms with Crippen molar-refractivity contribution in [3.63, 3.8) is 0 Å². The molecule has 1 aliphatic heterocycles. The minimum atomic E-state index is -0.300. The maximum Gasteiger partial charge on any atom is 0.124 e. The van der Waals surface area contributed by atoms with Crippen LogP contribution < -0.4 is 5.73 Å². The molecule has 2 N–H and O–H groups in total. The minimum Gasteiger partial charge on any atom is -0.329 e. The maximum atomic E-state index is 13.2. The third-order valence-corrected chi connectivity index (χ3v) is 4.55. The van der Waals surface area contributed by atoms with E-state index in [0.717, 1.165) is 12.0 Å². The average Bonchev–Trinajstić information content (AvgIpc) is 2.74. The first-order valence-electron chi connectivity index (χ1n) is 7.00. The molecule has 1 fully saturated rings. The third kappa shape index (κ3) is 2.93. The van der Waals surface area contributed by atoms with Crippen molar-refractivity contribution in [3.05, 3.63) is 34.6 Å². The number of hydrogen-bond donors (Lipinski definition) is 1. The molecule has 1 aromatic rings. The van der Waals surface area contributed by atoms with Crippen LogP contribution in [0.5, 0.6) is 0 Å². The first-order chi connectivity index (χ1) is 9.08. The van der Waals surface area contributed by atoms with Gasteiger partial charge in [0.05, 0.1) is 0 Å². The lowest BCUT2D eigenvalue weighted by Gasteiger charge is -2.36. The number of benzene rings is 1. The number of likely N-dealkylation sites (tertiary alicyclic amines) is 1. The number of rotatable bonds is 4. The monoisotopic (exact) mass is 284 g/mol. The van der Waals surface area contributed by atoms with Crippen molar-refractivity contribution in [2.45, 2.75) is 51.2 Å². The molecule has 1 saturated heterocycles. The van der Waals surface area contributed by atoms with Crippen LogP contribution in [0, 0.1) is 5.82 Å². The zero-order valence-electron chi connectivity index (χ0n) is 11.6. The highest BCUT2D eigenvalue weighted by Crippen LogP contribution is 2.37. The number of halogens is 2. The summed E-state index contributed by atoms with van der Waals surface area (Å²) in [6, 6.07) is 5.74. The second kappa shape index (κ2) is 6.21. The van der Waals surface area contributed by atoms with Crippen molar-refractivity contribution in [2.24, 2.45) is 5.73 Å². The summed E-state index contributed by atoms with van der Waals surface area (Å²) >= 11 is 6.20. The summed E-state index contributed by atoms with van der Waals surface area (Å²) in [5.41, 5.74) is 6.92. The van der Waals surface area contributed by atoms with Gasteiger partial charge in [0.1, 0.15) is 5.82 Å². The Morgan fingerprint density at radius 2 is 2.21 bits per heavy atom. The number of nitrogens with two attached hydrogens (primary N) is 1. The Kier molecular flexibility index (Phi) is 4.82. The Labute approximate surface area is 119 Å². The molecule has 1 aromatic carbocycles. The molecular weight excluding hydrogens is 263 g/mol. The van der Waals surface area contributed by atoms with Gasteiger partial charge in [-0.05, 0) is 43.9 Å². The zero-order valence-corrected chi connectivity index (χ0v) is 12.3. The molecule has 106 valence electrons. The van der Waals surface area contributed by atoms with Crippen LogP contribution in [0.15, 0.2) is 18.2 Å². The van der Waals surface area contributed by atoms with E-state index in [1.54, 1.807) is 6.07 Å². The molecule has 0 amide bonds. The summed E-state index contributed by atoms with van der Waals surface area (Å²) in [5, 5.41) is 0.476. The van der Waals surface area contributed by atoms with Crippen molar-refractivity contribution in [1.29, 1.82) is 0 Å². The van der Waals surface area contributed by atoms with Gasteiger partial charge >= 0.3 is 0 Å². The molecule has 2 rings (SSSR count). The first-order valence-corrected chi connectivity index (χ1v) is 7.38. The van der Waals surface area contributed by atoms with E-state index in [1.807, 2.05) is 0 Å². The molecule has 0 radical (unpaired) electrons. The lowest BCUT2D eigenvalue weighted by molar-refractivity contribution is 0.137. The van der Waals surface area contributed by atoms with Crippen molar-refractivity contribution >= 4 is 11.6 Å². The van der Waals surface area contributed by atoms with Crippen molar-refractivity contribution < 1.29 is 4.39 Å². The second-order valence-corrected chi connectivity index (χ2v) is 5.76. The van der Waals surface area contributed by atoms with Gasteiger partial charge in [0.25, 0.3) is 0 Å². The van der Waals surface area contributed by atoms with Gasteiger partial charge in [0.2, 0.25) is 0 Å². The van der Waals surface area contributed by atoms with Crippen LogP contribution in [0.2, 0.25) is 5.02 Å². The molecule has 0 spiro atoms. The quantitative estimate of drug-likeness (QED) is 0.912. The molecule has 3 unspecified atom stereocenters. The summed E-state index contributed by atoms with van der Waals surface area (Å²) < 4.78 is 13.2. The largest absolute Gasteiger partial charge is 0.329 e. The topological polar surface area (TPSA) is 29.3 Å². The van der Waals surface area contributed by atoms with E-state index < -0.39 is 0 Å². The Morgan fingerprint density at radius 3 is 2.79 bits per heavy atom. The van der Waals surface area contributed by atoms with E-state index in [2.05, 4.69) is 18.7 Å². The number of nitrogens with zero attached hydrogens (tertiary/aromatic N) is 1. The van der Waals surface area contributed by atoms with Crippen molar-refractivity contribution in [2.75, 3.05) is 6.54 Å². The van der Waals surface area contributed by atoms with Gasteiger partial charge in [-0.25, -0.2) is 4.39 Å². The molecule has 19 heavy (non-hydrogen) atoms. The lowest BCUT2D eigenvalue weighted by atomic mass is 10.0. The second-order valence-electron chi connectivity index (χ2n) is 5.35. The standard InChI is InChI=1S/C15H22ClFN2/c1-3-12-6-4-10(2)19(12)15(9-18)13-7-5-11(17)8-14(13)16/h5,7-8,10,12,15H,3-4,6,9,18H2,1-2H3. The van der Waals surface area contributed by atoms with E-state index in [-0.39, 0.29) is 11.9 Å². The fourth-order valence-corrected chi connectivity index (χ4v) is 3.54. The first kappa shape index (κ1) is 14.8. The highest BCUT2D eigenvalue weighted by atomic mass is 35.5. The normalized spacial score (nSPS) is 25.7. The van der Waals surface area contributed by atoms with Crippen molar-refractivity contribution in [1.82, 2.24) is 4.90 Å². The Balaban J connectivity index is 2.33. The predicted molar refractivity (Wildman–Crippen MR) is 77.8 cm³/mol. The van der Waals surface area contributed by atoms with Crippen LogP contribution in [0.25, 0.3) is 0 Å². The van der Waals surface area contributed by atoms with E-state index >= 15 is 0 Å². The van der Waals surface area contributed by atoms with E-state index in [9.17, 15) is 4.39 Å². The fourth-order valence-electron chi connectivity index (χ4n) is 3.25. The summed E-state index contributed by atoms with van der Waals surface area (Å²) in [5.74, 6) is -0.300. The molecule has 4 heteroatoms. The van der Waals surface area contributed by atoms with Crippen LogP contribution >= 0.6 is 11.6 Å². The predicted octanol–water partition coefficient (Wildman–Crippen LogP) is 3.74. The van der Waals surface area contributed by atoms with Crippen molar-refractivity contribution in [3.8, 4) is 0 Å². The average molecular weight is 285 g/mol. The smallest absolute Gasteiger partial charge is 0.124 e. The van der Waals surface area contributed by atoms with Crippen LogP contribution in [0.4, 0.5) is 4.39 Å². The van der Waals surface area contributed by atoms with E-state index in [1.165, 1.54) is 25.0 Å². The van der Waals surface area contributed by atoms with Gasteiger partial charge in [-0.1, -0.05) is 24.6 Å².